The zero-order valence-electron chi connectivity index (χ0n) is 36.1. The van der Waals surface area contributed by atoms with E-state index < -0.39 is 0 Å². The molecular weight excluding hydrogens is 725 g/mol. The second-order valence-electron chi connectivity index (χ2n) is 17.5. The van der Waals surface area contributed by atoms with E-state index in [0.717, 1.165) is 47.7 Å². The van der Waals surface area contributed by atoms with Crippen LogP contribution in [0, 0.1) is 23.2 Å². The minimum Gasteiger partial charge on any atom is -0.508 e. The molecule has 7 nitrogen and oxygen atoms in total. The van der Waals surface area contributed by atoms with Crippen molar-refractivity contribution in [3.63, 3.8) is 0 Å². The number of rotatable bonds is 15. The lowest BCUT2D eigenvalue weighted by atomic mass is 9.49. The molecule has 4 N–H and O–H groups in total. The molecule has 4 saturated carbocycles. The molecule has 316 valence electrons. The van der Waals surface area contributed by atoms with Gasteiger partial charge in [0.2, 0.25) is 6.29 Å². The van der Waals surface area contributed by atoms with Gasteiger partial charge in [-0.1, -0.05) is 77.9 Å². The summed E-state index contributed by atoms with van der Waals surface area (Å²) < 4.78 is 18.1. The predicted octanol–water partition coefficient (Wildman–Crippen LogP) is 12.1. The summed E-state index contributed by atoms with van der Waals surface area (Å²) in [7, 11) is 1.83. The van der Waals surface area contributed by atoms with Gasteiger partial charge in [0.1, 0.15) is 29.6 Å². The molecule has 4 fully saturated rings. The van der Waals surface area contributed by atoms with Crippen molar-refractivity contribution in [2.75, 3.05) is 7.11 Å². The standard InChI is InChI=1S/C22H32O2.C19H24O4.C10H14O/c1-4-15(2)19-5-7-20(8-6-19)24-21(23-3)22-12-16-9-17(13-22)11-18(10-16)14-22;1-3-13(2)15-4-6-18(7-5-15)23-12-14-8-16(10-20)19(22)17(9-14)11-21;1-3-8(2)9-4-6-10(11)7-5-9/h5-8,15-18,21H,4,9-14H2,1-3H3;4-9,13,20-22H,3,10-12H2,1-2H3;4-8,11H,3H2,1-2H3. The van der Waals surface area contributed by atoms with Crippen LogP contribution in [-0.2, 0) is 24.6 Å². The van der Waals surface area contributed by atoms with Crippen molar-refractivity contribution in [1.29, 1.82) is 0 Å². The molecule has 4 atom stereocenters. The molecule has 0 saturated heterocycles. The van der Waals surface area contributed by atoms with Crippen molar-refractivity contribution in [3.8, 4) is 23.0 Å². The Hall–Kier alpha value is -4.04. The number of aliphatic hydroxyl groups is 2. The second-order valence-corrected chi connectivity index (χ2v) is 17.5. The summed E-state index contributed by atoms with van der Waals surface area (Å²) in [5, 5.41) is 37.4. The summed E-state index contributed by atoms with van der Waals surface area (Å²) in [5.41, 5.74) is 5.82. The molecule has 4 aromatic carbocycles. The topological polar surface area (TPSA) is 109 Å². The van der Waals surface area contributed by atoms with Gasteiger partial charge in [0.25, 0.3) is 0 Å². The van der Waals surface area contributed by atoms with E-state index in [1.807, 2.05) is 31.4 Å². The van der Waals surface area contributed by atoms with E-state index in [2.05, 4.69) is 77.9 Å². The van der Waals surface area contributed by atoms with Crippen molar-refractivity contribution < 1.29 is 34.6 Å². The van der Waals surface area contributed by atoms with Gasteiger partial charge in [-0.05, 0) is 164 Å². The molecule has 4 aliphatic carbocycles. The largest absolute Gasteiger partial charge is 0.508 e. The quantitative estimate of drug-likeness (QED) is 0.0887. The van der Waals surface area contributed by atoms with Crippen molar-refractivity contribution >= 4 is 0 Å². The average Bonchev–Trinajstić information content (AvgIpc) is 3.24. The van der Waals surface area contributed by atoms with Crippen LogP contribution in [0.1, 0.15) is 150 Å². The van der Waals surface area contributed by atoms with Crippen molar-refractivity contribution in [1.82, 2.24) is 0 Å². The Bertz CT molecular complexity index is 1760. The van der Waals surface area contributed by atoms with Crippen molar-refractivity contribution in [2.45, 2.75) is 143 Å². The van der Waals surface area contributed by atoms with E-state index >= 15 is 0 Å². The number of benzene rings is 4. The van der Waals surface area contributed by atoms with Gasteiger partial charge in [-0.3, -0.25) is 0 Å². The number of hydrogen-bond donors (Lipinski definition) is 4. The Balaban J connectivity index is 0.000000177. The summed E-state index contributed by atoms with van der Waals surface area (Å²) in [6.07, 6.45) is 11.6. The third kappa shape index (κ3) is 11.6. The lowest BCUT2D eigenvalue weighted by Gasteiger charge is -2.58. The molecule has 0 radical (unpaired) electrons. The fourth-order valence-corrected chi connectivity index (χ4v) is 9.61. The Morgan fingerprint density at radius 3 is 1.38 bits per heavy atom. The second kappa shape index (κ2) is 21.3. The smallest absolute Gasteiger partial charge is 0.205 e. The number of aromatic hydroxyl groups is 2. The van der Waals surface area contributed by atoms with Crippen LogP contribution in [0.15, 0.2) is 84.9 Å². The van der Waals surface area contributed by atoms with E-state index in [0.29, 0.717) is 41.2 Å². The first-order valence-corrected chi connectivity index (χ1v) is 21.8. The monoisotopic (exact) mass is 795 g/mol. The molecule has 0 heterocycles. The normalized spacial score (nSPS) is 22.4. The molecule has 0 aliphatic heterocycles. The number of ether oxygens (including phenoxy) is 3. The number of phenols is 2. The van der Waals surface area contributed by atoms with Crippen LogP contribution in [-0.4, -0.2) is 33.8 Å². The van der Waals surface area contributed by atoms with Crippen LogP contribution in [0.25, 0.3) is 0 Å². The van der Waals surface area contributed by atoms with E-state index in [-0.39, 0.29) is 30.7 Å². The Morgan fingerprint density at radius 2 is 1.00 bits per heavy atom. The average molecular weight is 795 g/mol. The Labute approximate surface area is 348 Å². The number of hydrogen-bond acceptors (Lipinski definition) is 7. The zero-order valence-corrected chi connectivity index (χ0v) is 36.1. The number of aliphatic hydroxyl groups excluding tert-OH is 2. The van der Waals surface area contributed by atoms with E-state index in [1.165, 1.54) is 61.6 Å². The maximum atomic E-state index is 9.84. The third-order valence-electron chi connectivity index (χ3n) is 13.3. The van der Waals surface area contributed by atoms with E-state index in [4.69, 9.17) is 19.3 Å². The van der Waals surface area contributed by atoms with Gasteiger partial charge in [0.05, 0.1) is 13.2 Å². The molecule has 58 heavy (non-hydrogen) atoms. The van der Waals surface area contributed by atoms with Crippen LogP contribution in [0.2, 0.25) is 0 Å². The Kier molecular flexibility index (Phi) is 16.5. The lowest BCUT2D eigenvalue weighted by Crippen LogP contribution is -2.53. The van der Waals surface area contributed by atoms with Crippen LogP contribution in [0.3, 0.4) is 0 Å². The Morgan fingerprint density at radius 1 is 0.603 bits per heavy atom. The van der Waals surface area contributed by atoms with Crippen LogP contribution >= 0.6 is 0 Å². The summed E-state index contributed by atoms with van der Waals surface area (Å²) in [6.45, 7) is 13.0. The van der Waals surface area contributed by atoms with Gasteiger partial charge >= 0.3 is 0 Å². The van der Waals surface area contributed by atoms with Gasteiger partial charge in [-0.25, -0.2) is 0 Å². The number of phenolic OH excluding ortho intramolecular Hbond substituents is 1. The zero-order chi connectivity index (χ0) is 41.8. The minimum atomic E-state index is -0.281. The molecule has 4 unspecified atom stereocenters. The fourth-order valence-electron chi connectivity index (χ4n) is 9.61. The number of methoxy groups -OCH3 is 1. The summed E-state index contributed by atoms with van der Waals surface area (Å²) in [4.78, 5) is 0. The van der Waals surface area contributed by atoms with Gasteiger partial charge in [-0.2, -0.15) is 0 Å². The lowest BCUT2D eigenvalue weighted by molar-refractivity contribution is -0.204. The molecule has 8 rings (SSSR count). The highest BCUT2D eigenvalue weighted by atomic mass is 16.7. The van der Waals surface area contributed by atoms with Crippen LogP contribution < -0.4 is 9.47 Å². The first kappa shape index (κ1) is 45.1. The summed E-state index contributed by atoms with van der Waals surface area (Å²) in [5.74, 6) is 6.51. The van der Waals surface area contributed by atoms with Crippen molar-refractivity contribution in [2.24, 2.45) is 23.2 Å². The van der Waals surface area contributed by atoms with E-state index in [1.54, 1.807) is 24.3 Å². The molecule has 0 aromatic heterocycles. The molecule has 7 heteroatoms. The maximum absolute atomic E-state index is 9.84. The summed E-state index contributed by atoms with van der Waals surface area (Å²) in [6, 6.07) is 27.5. The maximum Gasteiger partial charge on any atom is 0.205 e. The SMILES string of the molecule is CCC(C)c1ccc(O)cc1.CCC(C)c1ccc(OC(OC)C23CC4CC(CC(C4)C2)C3)cc1.CCC(C)c1ccc(OCc2cc(CO)c(O)c(CO)c2)cc1. The molecule has 0 amide bonds. The molecule has 4 bridgehead atoms. The van der Waals surface area contributed by atoms with Crippen molar-refractivity contribution in [3.05, 3.63) is 118 Å². The van der Waals surface area contributed by atoms with Gasteiger partial charge in [0, 0.05) is 23.7 Å². The molecule has 4 aromatic rings. The minimum absolute atomic E-state index is 0.0587. The van der Waals surface area contributed by atoms with Crippen LogP contribution in [0.4, 0.5) is 0 Å². The highest BCUT2D eigenvalue weighted by Gasteiger charge is 2.55. The predicted molar refractivity (Wildman–Crippen MR) is 233 cm³/mol. The van der Waals surface area contributed by atoms with Gasteiger partial charge < -0.3 is 34.6 Å². The first-order valence-electron chi connectivity index (χ1n) is 21.8. The van der Waals surface area contributed by atoms with Crippen LogP contribution in [0.5, 0.6) is 23.0 Å². The highest BCUT2D eigenvalue weighted by molar-refractivity contribution is 5.43. The summed E-state index contributed by atoms with van der Waals surface area (Å²) >= 11 is 0. The highest BCUT2D eigenvalue weighted by Crippen LogP contribution is 2.61. The van der Waals surface area contributed by atoms with E-state index in [9.17, 15) is 15.3 Å². The fraction of sp³-hybridized carbons (Fsp3) is 0.529. The molecule has 0 spiro atoms. The molecule has 4 aliphatic rings. The van der Waals surface area contributed by atoms with Gasteiger partial charge in [0.15, 0.2) is 0 Å². The first-order chi connectivity index (χ1) is 27.9. The molecular formula is C51H70O7. The third-order valence-corrected chi connectivity index (χ3v) is 13.3. The van der Waals surface area contributed by atoms with Gasteiger partial charge in [-0.15, -0.1) is 0 Å².